The second-order valence-corrected chi connectivity index (χ2v) is 6.58. The molecule has 0 aliphatic carbocycles. The molecule has 7 nitrogen and oxygen atoms in total. The van der Waals surface area contributed by atoms with Crippen molar-refractivity contribution in [2.45, 2.75) is 44.7 Å². The molecule has 0 saturated carbocycles. The molecule has 0 radical (unpaired) electrons. The van der Waals surface area contributed by atoms with Crippen LogP contribution in [-0.4, -0.2) is 33.4 Å². The van der Waals surface area contributed by atoms with E-state index in [1.54, 1.807) is 13.8 Å². The molecule has 0 spiro atoms. The molecule has 1 aromatic carbocycles. The van der Waals surface area contributed by atoms with Crippen molar-refractivity contribution in [2.24, 2.45) is 5.73 Å². The van der Waals surface area contributed by atoms with E-state index in [-0.39, 0.29) is 11.8 Å². The van der Waals surface area contributed by atoms with E-state index in [4.69, 9.17) is 5.73 Å². The van der Waals surface area contributed by atoms with E-state index in [1.807, 2.05) is 30.3 Å². The molecule has 25 heavy (non-hydrogen) atoms. The molecule has 0 aliphatic rings. The molecule has 134 valence electrons. The summed E-state index contributed by atoms with van der Waals surface area (Å²) in [7, 11) is 0. The highest BCUT2D eigenvalue weighted by molar-refractivity contribution is 5.97. The Morgan fingerprint density at radius 1 is 1.28 bits per heavy atom. The van der Waals surface area contributed by atoms with Crippen LogP contribution in [0.4, 0.5) is 5.82 Å². The predicted molar refractivity (Wildman–Crippen MR) is 96.8 cm³/mol. The van der Waals surface area contributed by atoms with Gasteiger partial charge in [-0.05, 0) is 38.7 Å². The van der Waals surface area contributed by atoms with Gasteiger partial charge in [-0.25, -0.2) is 4.98 Å². The first-order valence-electron chi connectivity index (χ1n) is 8.29. The van der Waals surface area contributed by atoms with Gasteiger partial charge in [0, 0.05) is 0 Å². The molecular weight excluding hydrogens is 318 g/mol. The van der Waals surface area contributed by atoms with Crippen LogP contribution in [0.5, 0.6) is 0 Å². The number of aryl methyl sites for hydroxylation is 1. The zero-order chi connectivity index (χ0) is 18.3. The second kappa shape index (κ2) is 8.43. The number of anilines is 1. The minimum Gasteiger partial charge on any atom is -0.343 e. The van der Waals surface area contributed by atoms with Crippen molar-refractivity contribution in [1.82, 2.24) is 15.3 Å². The normalized spacial score (nSPS) is 12.4. The van der Waals surface area contributed by atoms with Crippen LogP contribution in [0.1, 0.15) is 32.3 Å². The van der Waals surface area contributed by atoms with Gasteiger partial charge < -0.3 is 21.4 Å². The fourth-order valence-electron chi connectivity index (χ4n) is 2.31. The lowest BCUT2D eigenvalue weighted by Crippen LogP contribution is -2.54. The Morgan fingerprint density at radius 2 is 2.00 bits per heavy atom. The summed E-state index contributed by atoms with van der Waals surface area (Å²) in [6, 6.07) is 9.35. The Bertz CT molecular complexity index is 677. The zero-order valence-electron chi connectivity index (χ0n) is 14.6. The molecule has 0 unspecified atom stereocenters. The van der Waals surface area contributed by atoms with E-state index in [0.717, 1.165) is 12.8 Å². The Hall–Kier alpha value is -2.67. The fraction of sp³-hybridized carbons (Fsp3) is 0.389. The van der Waals surface area contributed by atoms with Crippen molar-refractivity contribution in [3.63, 3.8) is 0 Å². The third kappa shape index (κ3) is 6.04. The maximum atomic E-state index is 12.5. The molecule has 2 amide bonds. The van der Waals surface area contributed by atoms with Gasteiger partial charge in [-0.1, -0.05) is 30.3 Å². The van der Waals surface area contributed by atoms with E-state index >= 15 is 0 Å². The largest absolute Gasteiger partial charge is 0.343 e. The quantitative estimate of drug-likeness (QED) is 0.583. The summed E-state index contributed by atoms with van der Waals surface area (Å²) in [6.07, 6.45) is 5.08. The number of imidazole rings is 1. The Balaban J connectivity index is 1.97. The summed E-state index contributed by atoms with van der Waals surface area (Å²) in [5, 5.41) is 5.46. The average Bonchev–Trinajstić information content (AvgIpc) is 3.06. The van der Waals surface area contributed by atoms with E-state index in [9.17, 15) is 9.59 Å². The van der Waals surface area contributed by atoms with Gasteiger partial charge in [-0.15, -0.1) is 0 Å². The first-order valence-corrected chi connectivity index (χ1v) is 8.29. The lowest BCUT2D eigenvalue weighted by Gasteiger charge is -2.23. The number of hydrogen-bond donors (Lipinski definition) is 4. The van der Waals surface area contributed by atoms with Crippen LogP contribution < -0.4 is 16.4 Å². The number of aromatic nitrogens is 2. The fourth-order valence-corrected chi connectivity index (χ4v) is 2.31. The van der Waals surface area contributed by atoms with Crippen LogP contribution in [0.25, 0.3) is 0 Å². The van der Waals surface area contributed by atoms with Gasteiger partial charge >= 0.3 is 0 Å². The van der Waals surface area contributed by atoms with Gasteiger partial charge in [0.1, 0.15) is 11.9 Å². The molecule has 1 aromatic heterocycles. The van der Waals surface area contributed by atoms with Gasteiger partial charge in [-0.2, -0.15) is 0 Å². The summed E-state index contributed by atoms with van der Waals surface area (Å²) in [5.74, 6) is -0.175. The number of aromatic amines is 1. The lowest BCUT2D eigenvalue weighted by molar-refractivity contribution is -0.129. The van der Waals surface area contributed by atoms with Gasteiger partial charge in [0.2, 0.25) is 11.8 Å². The number of nitrogens with two attached hydrogens (primary N) is 1. The van der Waals surface area contributed by atoms with Crippen molar-refractivity contribution < 1.29 is 9.59 Å². The number of benzene rings is 1. The number of amides is 2. The van der Waals surface area contributed by atoms with Crippen LogP contribution in [0.3, 0.4) is 0 Å². The van der Waals surface area contributed by atoms with Crippen LogP contribution >= 0.6 is 0 Å². The lowest BCUT2D eigenvalue weighted by atomic mass is 10.0. The topological polar surface area (TPSA) is 113 Å². The highest BCUT2D eigenvalue weighted by atomic mass is 16.2. The Morgan fingerprint density at radius 3 is 2.60 bits per heavy atom. The van der Waals surface area contributed by atoms with Crippen LogP contribution in [0.2, 0.25) is 0 Å². The number of hydrogen-bond acceptors (Lipinski definition) is 4. The molecule has 2 aromatic rings. The summed E-state index contributed by atoms with van der Waals surface area (Å²) >= 11 is 0. The van der Waals surface area contributed by atoms with Gasteiger partial charge in [0.15, 0.2) is 0 Å². The van der Waals surface area contributed by atoms with Crippen molar-refractivity contribution in [3.8, 4) is 0 Å². The Kier molecular flexibility index (Phi) is 6.30. The molecule has 1 atom stereocenters. The molecule has 0 bridgehead atoms. The van der Waals surface area contributed by atoms with Crippen LogP contribution in [0, 0.1) is 0 Å². The van der Waals surface area contributed by atoms with Crippen molar-refractivity contribution in [2.75, 3.05) is 5.32 Å². The molecule has 0 saturated heterocycles. The third-order valence-corrected chi connectivity index (χ3v) is 3.76. The SMILES string of the molecule is CC(C)(N)C(=O)N[C@H](CCCc1ccccc1)C(=O)Nc1cnc[nH]1. The van der Waals surface area contributed by atoms with Gasteiger partial charge in [0.05, 0.1) is 18.1 Å². The van der Waals surface area contributed by atoms with Crippen LogP contribution in [0.15, 0.2) is 42.9 Å². The molecule has 1 heterocycles. The minimum atomic E-state index is -1.05. The van der Waals surface area contributed by atoms with Crippen molar-refractivity contribution in [1.29, 1.82) is 0 Å². The van der Waals surface area contributed by atoms with Gasteiger partial charge in [-0.3, -0.25) is 9.59 Å². The molecule has 7 heteroatoms. The first-order chi connectivity index (χ1) is 11.9. The average molecular weight is 343 g/mol. The maximum absolute atomic E-state index is 12.5. The first kappa shape index (κ1) is 18.7. The second-order valence-electron chi connectivity index (χ2n) is 6.58. The summed E-state index contributed by atoms with van der Waals surface area (Å²) in [5.41, 5.74) is 5.97. The molecule has 2 rings (SSSR count). The van der Waals surface area contributed by atoms with Crippen molar-refractivity contribution in [3.05, 3.63) is 48.4 Å². The molecule has 0 aliphatic heterocycles. The minimum absolute atomic E-state index is 0.296. The van der Waals surface area contributed by atoms with E-state index in [2.05, 4.69) is 20.6 Å². The van der Waals surface area contributed by atoms with E-state index in [0.29, 0.717) is 12.2 Å². The summed E-state index contributed by atoms with van der Waals surface area (Å²) in [6.45, 7) is 3.21. The number of nitrogens with zero attached hydrogens (tertiary/aromatic N) is 1. The smallest absolute Gasteiger partial charge is 0.248 e. The molecular formula is C18H25N5O2. The van der Waals surface area contributed by atoms with Gasteiger partial charge in [0.25, 0.3) is 0 Å². The standard InChI is InChI=1S/C18H25N5O2/c1-18(2,19)17(25)22-14(16(24)23-15-11-20-12-21-15)10-6-9-13-7-4-3-5-8-13/h3-5,7-8,11-12,14H,6,9-10,19H2,1-2H3,(H,20,21)(H,22,25)(H,23,24)/t14-/m1/s1. The third-order valence-electron chi connectivity index (χ3n) is 3.76. The molecule has 0 fully saturated rings. The highest BCUT2D eigenvalue weighted by Gasteiger charge is 2.28. The predicted octanol–water partition coefficient (Wildman–Crippen LogP) is 1.59. The zero-order valence-corrected chi connectivity index (χ0v) is 14.6. The van der Waals surface area contributed by atoms with Crippen LogP contribution in [-0.2, 0) is 16.0 Å². The number of rotatable bonds is 8. The number of nitrogens with one attached hydrogen (secondary N) is 3. The van der Waals surface area contributed by atoms with E-state index in [1.165, 1.54) is 18.1 Å². The molecule has 5 N–H and O–H groups in total. The number of carbonyl (C=O) groups is 2. The highest BCUT2D eigenvalue weighted by Crippen LogP contribution is 2.10. The van der Waals surface area contributed by atoms with E-state index < -0.39 is 11.6 Å². The summed E-state index contributed by atoms with van der Waals surface area (Å²) in [4.78, 5) is 31.3. The van der Waals surface area contributed by atoms with Crippen molar-refractivity contribution >= 4 is 17.6 Å². The summed E-state index contributed by atoms with van der Waals surface area (Å²) < 4.78 is 0. The number of H-pyrrole nitrogens is 1. The monoisotopic (exact) mass is 343 g/mol. The Labute approximate surface area is 147 Å². The maximum Gasteiger partial charge on any atom is 0.248 e. The number of carbonyl (C=O) groups excluding carboxylic acids is 2.